The average molecular weight is 323 g/mol. The Kier molecular flexibility index (Phi) is 3.86. The number of anilines is 1. The van der Waals surface area contributed by atoms with Crippen molar-refractivity contribution in [3.8, 4) is 0 Å². The summed E-state index contributed by atoms with van der Waals surface area (Å²) in [5.74, 6) is 0. The minimum atomic E-state index is 0.661. The molecule has 2 unspecified atom stereocenters. The van der Waals surface area contributed by atoms with Crippen molar-refractivity contribution >= 4 is 21.6 Å². The molecule has 0 saturated carbocycles. The number of nitrogens with zero attached hydrogens (tertiary/aromatic N) is 2. The first-order valence-electron chi connectivity index (χ1n) is 7.46. The highest BCUT2D eigenvalue weighted by Gasteiger charge is 2.35. The van der Waals surface area contributed by atoms with E-state index >= 15 is 0 Å². The van der Waals surface area contributed by atoms with Crippen LogP contribution in [0.5, 0.6) is 0 Å². The van der Waals surface area contributed by atoms with Gasteiger partial charge in [0.15, 0.2) is 0 Å². The van der Waals surface area contributed by atoms with E-state index in [1.54, 1.807) is 0 Å². The molecule has 0 radical (unpaired) electrons. The largest absolute Gasteiger partial charge is 0.365 e. The molecule has 2 aliphatic heterocycles. The molecule has 1 aromatic rings. The molecule has 2 fully saturated rings. The normalized spacial score (nSPS) is 27.6. The Morgan fingerprint density at radius 3 is 2.89 bits per heavy atom. The second-order valence-corrected chi connectivity index (χ2v) is 6.81. The number of benzene rings is 1. The van der Waals surface area contributed by atoms with E-state index in [-0.39, 0.29) is 0 Å². The SMILES string of the molecule is CCC1CN2CCCC2CN1c1ccc(C)cc1Br. The van der Waals surface area contributed by atoms with Crippen LogP contribution in [0, 0.1) is 6.92 Å². The number of hydrogen-bond acceptors (Lipinski definition) is 2. The summed E-state index contributed by atoms with van der Waals surface area (Å²) in [5.41, 5.74) is 2.70. The number of fused-ring (bicyclic) bond motifs is 1. The molecule has 104 valence electrons. The molecule has 3 heteroatoms. The van der Waals surface area contributed by atoms with Gasteiger partial charge in [-0.25, -0.2) is 0 Å². The first-order valence-corrected chi connectivity index (χ1v) is 8.25. The number of halogens is 1. The summed E-state index contributed by atoms with van der Waals surface area (Å²) in [6.45, 7) is 8.21. The predicted octanol–water partition coefficient (Wildman–Crippen LogP) is 3.82. The summed E-state index contributed by atoms with van der Waals surface area (Å²) >= 11 is 3.76. The highest BCUT2D eigenvalue weighted by molar-refractivity contribution is 9.10. The van der Waals surface area contributed by atoms with Gasteiger partial charge in [0.1, 0.15) is 0 Å². The van der Waals surface area contributed by atoms with Crippen LogP contribution in [0.15, 0.2) is 22.7 Å². The van der Waals surface area contributed by atoms with Crippen molar-refractivity contribution in [2.24, 2.45) is 0 Å². The molecule has 2 aliphatic rings. The minimum Gasteiger partial charge on any atom is -0.365 e. The van der Waals surface area contributed by atoms with E-state index in [9.17, 15) is 0 Å². The molecule has 19 heavy (non-hydrogen) atoms. The highest BCUT2D eigenvalue weighted by atomic mass is 79.9. The quantitative estimate of drug-likeness (QED) is 0.816. The van der Waals surface area contributed by atoms with Crippen LogP contribution in [0.3, 0.4) is 0 Å². The van der Waals surface area contributed by atoms with E-state index in [2.05, 4.69) is 57.8 Å². The molecule has 0 amide bonds. The van der Waals surface area contributed by atoms with Gasteiger partial charge >= 0.3 is 0 Å². The summed E-state index contributed by atoms with van der Waals surface area (Å²) in [6, 6.07) is 8.19. The van der Waals surface area contributed by atoms with Gasteiger partial charge in [0.25, 0.3) is 0 Å². The third-order valence-electron chi connectivity index (χ3n) is 4.68. The lowest BCUT2D eigenvalue weighted by atomic mass is 10.0. The second kappa shape index (κ2) is 5.45. The maximum absolute atomic E-state index is 3.76. The maximum atomic E-state index is 3.76. The van der Waals surface area contributed by atoms with E-state index in [1.807, 2.05) is 0 Å². The predicted molar refractivity (Wildman–Crippen MR) is 84.9 cm³/mol. The lowest BCUT2D eigenvalue weighted by Gasteiger charge is -2.45. The van der Waals surface area contributed by atoms with Gasteiger partial charge in [-0.15, -0.1) is 0 Å². The van der Waals surface area contributed by atoms with Crippen molar-refractivity contribution in [2.45, 2.75) is 45.2 Å². The van der Waals surface area contributed by atoms with Crippen molar-refractivity contribution in [2.75, 3.05) is 24.5 Å². The Balaban J connectivity index is 1.88. The Morgan fingerprint density at radius 2 is 2.16 bits per heavy atom. The molecule has 2 heterocycles. The lowest BCUT2D eigenvalue weighted by Crippen LogP contribution is -2.56. The van der Waals surface area contributed by atoms with Crippen LogP contribution in [-0.2, 0) is 0 Å². The van der Waals surface area contributed by atoms with Crippen LogP contribution in [0.2, 0.25) is 0 Å². The van der Waals surface area contributed by atoms with Crippen molar-refractivity contribution in [1.29, 1.82) is 0 Å². The van der Waals surface area contributed by atoms with E-state index in [1.165, 1.54) is 54.6 Å². The van der Waals surface area contributed by atoms with Crippen LogP contribution in [0.4, 0.5) is 5.69 Å². The van der Waals surface area contributed by atoms with E-state index in [4.69, 9.17) is 0 Å². The van der Waals surface area contributed by atoms with Gasteiger partial charge in [0, 0.05) is 29.6 Å². The standard InChI is InChI=1S/C16H23BrN2/c1-3-13-10-18-8-4-5-14(18)11-19(13)16-7-6-12(2)9-15(16)17/h6-7,9,13-14H,3-5,8,10-11H2,1-2H3. The third-order valence-corrected chi connectivity index (χ3v) is 5.31. The number of hydrogen-bond donors (Lipinski definition) is 0. The summed E-state index contributed by atoms with van der Waals surface area (Å²) in [5, 5.41) is 0. The van der Waals surface area contributed by atoms with Gasteiger partial charge in [-0.05, 0) is 66.4 Å². The number of piperazine rings is 1. The van der Waals surface area contributed by atoms with Gasteiger partial charge < -0.3 is 4.90 Å². The zero-order valence-corrected chi connectivity index (χ0v) is 13.5. The summed E-state index contributed by atoms with van der Waals surface area (Å²) in [6.07, 6.45) is 3.98. The molecule has 1 aromatic carbocycles. The molecule has 3 rings (SSSR count). The van der Waals surface area contributed by atoms with Gasteiger partial charge in [0.05, 0.1) is 5.69 Å². The molecular weight excluding hydrogens is 300 g/mol. The van der Waals surface area contributed by atoms with Crippen LogP contribution in [0.25, 0.3) is 0 Å². The van der Waals surface area contributed by atoms with E-state index in [0.717, 1.165) is 6.04 Å². The van der Waals surface area contributed by atoms with Gasteiger partial charge in [0.2, 0.25) is 0 Å². The molecule has 0 aliphatic carbocycles. The van der Waals surface area contributed by atoms with E-state index < -0.39 is 0 Å². The van der Waals surface area contributed by atoms with Gasteiger partial charge in [-0.3, -0.25) is 4.90 Å². The van der Waals surface area contributed by atoms with Gasteiger partial charge in [-0.2, -0.15) is 0 Å². The summed E-state index contributed by atoms with van der Waals surface area (Å²) in [4.78, 5) is 5.34. The highest BCUT2D eigenvalue weighted by Crippen LogP contribution is 2.34. The fourth-order valence-electron chi connectivity index (χ4n) is 3.58. The lowest BCUT2D eigenvalue weighted by molar-refractivity contribution is 0.194. The molecular formula is C16H23BrN2. The van der Waals surface area contributed by atoms with Crippen LogP contribution >= 0.6 is 15.9 Å². The minimum absolute atomic E-state index is 0.661. The first-order chi connectivity index (χ1) is 9.19. The topological polar surface area (TPSA) is 6.48 Å². The molecule has 0 bridgehead atoms. The van der Waals surface area contributed by atoms with Crippen LogP contribution in [-0.4, -0.2) is 36.6 Å². The van der Waals surface area contributed by atoms with Crippen molar-refractivity contribution in [3.05, 3.63) is 28.2 Å². The Hall–Kier alpha value is -0.540. The van der Waals surface area contributed by atoms with Crippen LogP contribution in [0.1, 0.15) is 31.7 Å². The van der Waals surface area contributed by atoms with Crippen molar-refractivity contribution in [1.82, 2.24) is 4.90 Å². The Bertz CT molecular complexity index is 460. The molecule has 2 atom stereocenters. The molecule has 0 aromatic heterocycles. The average Bonchev–Trinajstić information content (AvgIpc) is 2.84. The monoisotopic (exact) mass is 322 g/mol. The maximum Gasteiger partial charge on any atom is 0.0514 e. The molecule has 2 nitrogen and oxygen atoms in total. The van der Waals surface area contributed by atoms with Crippen LogP contribution < -0.4 is 4.90 Å². The third kappa shape index (κ3) is 2.55. The van der Waals surface area contributed by atoms with E-state index in [0.29, 0.717) is 6.04 Å². The fraction of sp³-hybridized carbons (Fsp3) is 0.625. The second-order valence-electron chi connectivity index (χ2n) is 5.96. The summed E-state index contributed by atoms with van der Waals surface area (Å²) in [7, 11) is 0. The number of aryl methyl sites for hydroxylation is 1. The Morgan fingerprint density at radius 1 is 1.32 bits per heavy atom. The molecule has 0 N–H and O–H groups in total. The van der Waals surface area contributed by atoms with Crippen molar-refractivity contribution < 1.29 is 0 Å². The molecule has 0 spiro atoms. The number of rotatable bonds is 2. The van der Waals surface area contributed by atoms with Crippen molar-refractivity contribution in [3.63, 3.8) is 0 Å². The van der Waals surface area contributed by atoms with Gasteiger partial charge in [-0.1, -0.05) is 13.0 Å². The smallest absolute Gasteiger partial charge is 0.0514 e. The fourth-order valence-corrected chi connectivity index (χ4v) is 4.30. The molecule has 2 saturated heterocycles. The zero-order valence-electron chi connectivity index (χ0n) is 11.9. The summed E-state index contributed by atoms with van der Waals surface area (Å²) < 4.78 is 1.25. The first kappa shape index (κ1) is 13.4. The Labute approximate surface area is 124 Å². The zero-order chi connectivity index (χ0) is 13.4.